The van der Waals surface area contributed by atoms with Crippen LogP contribution in [0.1, 0.15) is 5.56 Å². The summed E-state index contributed by atoms with van der Waals surface area (Å²) in [5.74, 6) is -0.631. The number of carboxylic acid groups (broad SMARTS) is 1. The van der Waals surface area contributed by atoms with Gasteiger partial charge in [-0.1, -0.05) is 30.3 Å². The molecular weight excluding hydrogens is 330 g/mol. The maximum Gasteiger partial charge on any atom is 0.322 e. The molecule has 0 fully saturated rings. The van der Waals surface area contributed by atoms with Crippen LogP contribution in [0, 0.1) is 0 Å². The van der Waals surface area contributed by atoms with E-state index in [1.807, 2.05) is 0 Å². The Labute approximate surface area is 141 Å². The molecule has 0 radical (unpaired) electrons. The van der Waals surface area contributed by atoms with Gasteiger partial charge in [0.2, 0.25) is 10.0 Å². The molecule has 0 bridgehead atoms. The molecule has 8 heteroatoms. The lowest BCUT2D eigenvalue weighted by Crippen LogP contribution is -2.42. The molecule has 0 amide bonds. The molecule has 7 nitrogen and oxygen atoms in total. The summed E-state index contributed by atoms with van der Waals surface area (Å²) in [6.07, 6.45) is 1.26. The second-order valence-corrected chi connectivity index (χ2v) is 7.16. The van der Waals surface area contributed by atoms with Gasteiger partial charge in [0.05, 0.1) is 0 Å². The highest BCUT2D eigenvalue weighted by atomic mass is 32.2. The van der Waals surface area contributed by atoms with Crippen molar-refractivity contribution in [2.24, 2.45) is 0 Å². The van der Waals surface area contributed by atoms with Gasteiger partial charge in [-0.15, -0.1) is 0 Å². The molecule has 24 heavy (non-hydrogen) atoms. The number of aromatic nitrogens is 1. The highest BCUT2D eigenvalue weighted by molar-refractivity contribution is 7.89. The Bertz CT molecular complexity index is 790. The van der Waals surface area contributed by atoms with Crippen LogP contribution in [0.25, 0.3) is 0 Å². The molecule has 1 atom stereocenters. The topological polar surface area (TPSA) is 99.6 Å². The fraction of sp³-hybridized carbons (Fsp3) is 0.250. The largest absolute Gasteiger partial charge is 0.480 e. The van der Waals surface area contributed by atoms with E-state index in [0.29, 0.717) is 5.82 Å². The zero-order valence-electron chi connectivity index (χ0n) is 13.4. The fourth-order valence-corrected chi connectivity index (χ4v) is 3.21. The summed E-state index contributed by atoms with van der Waals surface area (Å²) in [7, 11) is -0.405. The first-order valence-electron chi connectivity index (χ1n) is 7.22. The first-order valence-corrected chi connectivity index (χ1v) is 8.70. The van der Waals surface area contributed by atoms with Crippen molar-refractivity contribution in [3.8, 4) is 0 Å². The summed E-state index contributed by atoms with van der Waals surface area (Å²) in [6.45, 7) is 0. The van der Waals surface area contributed by atoms with Crippen molar-refractivity contribution in [3.63, 3.8) is 0 Å². The van der Waals surface area contributed by atoms with Gasteiger partial charge in [0.25, 0.3) is 0 Å². The van der Waals surface area contributed by atoms with Crippen LogP contribution < -0.4 is 9.62 Å². The van der Waals surface area contributed by atoms with Crippen LogP contribution in [0.3, 0.4) is 0 Å². The third-order valence-corrected chi connectivity index (χ3v) is 4.82. The minimum atomic E-state index is -3.98. The van der Waals surface area contributed by atoms with E-state index in [2.05, 4.69) is 9.71 Å². The van der Waals surface area contributed by atoms with Crippen LogP contribution in [0.2, 0.25) is 0 Å². The second kappa shape index (κ2) is 7.41. The lowest BCUT2D eigenvalue weighted by Gasteiger charge is -2.16. The normalized spacial score (nSPS) is 12.6. The summed E-state index contributed by atoms with van der Waals surface area (Å²) in [5.41, 5.74) is 0.730. The molecule has 0 spiro atoms. The molecular formula is C16H19N3O4S. The number of carboxylic acids is 1. The number of benzene rings is 1. The predicted molar refractivity (Wildman–Crippen MR) is 90.5 cm³/mol. The number of nitrogens with zero attached hydrogens (tertiary/aromatic N) is 2. The Morgan fingerprint density at radius 3 is 2.38 bits per heavy atom. The average molecular weight is 349 g/mol. The minimum Gasteiger partial charge on any atom is -0.480 e. The number of rotatable bonds is 7. The van der Waals surface area contributed by atoms with Crippen molar-refractivity contribution < 1.29 is 18.3 Å². The van der Waals surface area contributed by atoms with Crippen molar-refractivity contribution in [2.45, 2.75) is 17.4 Å². The van der Waals surface area contributed by atoms with E-state index in [9.17, 15) is 18.3 Å². The quantitative estimate of drug-likeness (QED) is 0.777. The van der Waals surface area contributed by atoms with Gasteiger partial charge in [-0.3, -0.25) is 4.79 Å². The third kappa shape index (κ3) is 4.53. The van der Waals surface area contributed by atoms with E-state index >= 15 is 0 Å². The Kier molecular flexibility index (Phi) is 5.53. The van der Waals surface area contributed by atoms with Gasteiger partial charge < -0.3 is 10.0 Å². The summed E-state index contributed by atoms with van der Waals surface area (Å²) in [6, 6.07) is 10.5. The van der Waals surface area contributed by atoms with E-state index in [-0.39, 0.29) is 11.3 Å². The molecule has 0 aliphatic carbocycles. The van der Waals surface area contributed by atoms with E-state index in [0.717, 1.165) is 5.56 Å². The van der Waals surface area contributed by atoms with Gasteiger partial charge in [0, 0.05) is 20.3 Å². The van der Waals surface area contributed by atoms with Crippen LogP contribution >= 0.6 is 0 Å². The SMILES string of the molecule is CN(C)c1ccc(S(=O)(=O)N[C@@H](Cc2ccccc2)C(=O)O)cn1. The standard InChI is InChI=1S/C16H19N3O4S/c1-19(2)15-9-8-13(11-17-15)24(22,23)18-14(16(20)21)10-12-6-4-3-5-7-12/h3-9,11,14,18H,10H2,1-2H3,(H,20,21)/t14-/m0/s1. The highest BCUT2D eigenvalue weighted by Crippen LogP contribution is 2.14. The molecule has 1 heterocycles. The van der Waals surface area contributed by atoms with E-state index in [1.54, 1.807) is 55.4 Å². The Hall–Kier alpha value is -2.45. The number of carbonyl (C=O) groups is 1. The van der Waals surface area contributed by atoms with Crippen LogP contribution in [-0.4, -0.2) is 44.6 Å². The first-order chi connectivity index (χ1) is 11.3. The van der Waals surface area contributed by atoms with Crippen LogP contribution in [0.15, 0.2) is 53.6 Å². The van der Waals surface area contributed by atoms with E-state index in [4.69, 9.17) is 0 Å². The Morgan fingerprint density at radius 1 is 1.21 bits per heavy atom. The van der Waals surface area contributed by atoms with Gasteiger partial charge in [-0.25, -0.2) is 13.4 Å². The van der Waals surface area contributed by atoms with Gasteiger partial charge >= 0.3 is 5.97 Å². The van der Waals surface area contributed by atoms with Gasteiger partial charge in [0.15, 0.2) is 0 Å². The van der Waals surface area contributed by atoms with Crippen molar-refractivity contribution in [1.82, 2.24) is 9.71 Å². The number of aliphatic carboxylic acids is 1. The zero-order chi connectivity index (χ0) is 17.7. The molecule has 1 aromatic heterocycles. The smallest absolute Gasteiger partial charge is 0.322 e. The van der Waals surface area contributed by atoms with Crippen molar-refractivity contribution in [3.05, 3.63) is 54.2 Å². The maximum atomic E-state index is 12.4. The van der Waals surface area contributed by atoms with Gasteiger partial charge in [-0.05, 0) is 24.1 Å². The molecule has 0 saturated heterocycles. The molecule has 1 aromatic carbocycles. The first kappa shape index (κ1) is 17.9. The van der Waals surface area contributed by atoms with Gasteiger partial charge in [-0.2, -0.15) is 4.72 Å². The molecule has 2 rings (SSSR count). The fourth-order valence-electron chi connectivity index (χ4n) is 2.08. The van der Waals surface area contributed by atoms with Gasteiger partial charge in [0.1, 0.15) is 16.8 Å². The summed E-state index contributed by atoms with van der Waals surface area (Å²) < 4.78 is 27.0. The summed E-state index contributed by atoms with van der Waals surface area (Å²) >= 11 is 0. The number of hydrogen-bond donors (Lipinski definition) is 2. The summed E-state index contributed by atoms with van der Waals surface area (Å²) in [4.78, 5) is 17.1. The molecule has 0 aliphatic rings. The number of hydrogen-bond acceptors (Lipinski definition) is 5. The highest BCUT2D eigenvalue weighted by Gasteiger charge is 2.26. The van der Waals surface area contributed by atoms with Crippen molar-refractivity contribution >= 4 is 21.8 Å². The third-order valence-electron chi connectivity index (χ3n) is 3.37. The number of anilines is 1. The zero-order valence-corrected chi connectivity index (χ0v) is 14.2. The van der Waals surface area contributed by atoms with Crippen molar-refractivity contribution in [1.29, 1.82) is 0 Å². The van der Waals surface area contributed by atoms with Crippen LogP contribution in [0.4, 0.5) is 5.82 Å². The molecule has 2 N–H and O–H groups in total. The Balaban J connectivity index is 2.19. The minimum absolute atomic E-state index is 0.0542. The van der Waals surface area contributed by atoms with E-state index < -0.39 is 22.0 Å². The average Bonchev–Trinajstić information content (AvgIpc) is 2.55. The molecule has 0 aliphatic heterocycles. The monoisotopic (exact) mass is 349 g/mol. The number of sulfonamides is 1. The lowest BCUT2D eigenvalue weighted by atomic mass is 10.1. The predicted octanol–water partition coefficient (Wildman–Crippen LogP) is 1.12. The number of pyridine rings is 1. The molecule has 0 unspecified atom stereocenters. The van der Waals surface area contributed by atoms with Crippen molar-refractivity contribution in [2.75, 3.05) is 19.0 Å². The maximum absolute atomic E-state index is 12.4. The summed E-state index contributed by atoms with van der Waals surface area (Å²) in [5, 5.41) is 9.31. The molecule has 0 saturated carbocycles. The van der Waals surface area contributed by atoms with Crippen LogP contribution in [0.5, 0.6) is 0 Å². The molecule has 2 aromatic rings. The van der Waals surface area contributed by atoms with Crippen LogP contribution in [-0.2, 0) is 21.2 Å². The van der Waals surface area contributed by atoms with E-state index in [1.165, 1.54) is 12.3 Å². The lowest BCUT2D eigenvalue weighted by molar-refractivity contribution is -0.138. The Morgan fingerprint density at radius 2 is 1.88 bits per heavy atom. The molecule has 128 valence electrons. The number of nitrogens with one attached hydrogen (secondary N) is 1. The second-order valence-electron chi connectivity index (χ2n) is 5.45.